The van der Waals surface area contributed by atoms with Gasteiger partial charge in [-0.3, -0.25) is 4.79 Å². The Morgan fingerprint density at radius 2 is 1.87 bits per heavy atom. The molecule has 0 saturated carbocycles. The van der Waals surface area contributed by atoms with E-state index in [9.17, 15) is 4.79 Å². The summed E-state index contributed by atoms with van der Waals surface area (Å²) >= 11 is 6.63. The highest BCUT2D eigenvalue weighted by atomic mass is 79.9. The van der Waals surface area contributed by atoms with E-state index in [1.165, 1.54) is 11.3 Å². The average molecular weight is 500 g/mol. The Morgan fingerprint density at radius 3 is 2.60 bits per heavy atom. The molecule has 0 amide bonds. The van der Waals surface area contributed by atoms with Crippen molar-refractivity contribution in [1.29, 1.82) is 0 Å². The van der Waals surface area contributed by atoms with Gasteiger partial charge in [-0.1, -0.05) is 64.5 Å². The Balaban J connectivity index is 1.72. The number of carbonyl (C=O) groups is 1. The van der Waals surface area contributed by atoms with Crippen molar-refractivity contribution in [3.63, 3.8) is 0 Å². The first-order valence-electron chi connectivity index (χ1n) is 9.23. The summed E-state index contributed by atoms with van der Waals surface area (Å²) in [6.07, 6.45) is -1.09. The number of hydrogen-bond acceptors (Lipinski definition) is 6. The standard InChI is InChI=1S/C23H18BrNO3S2/c24-18-9-4-6-16(12-18)13-27-22(21(28-15-26)17-7-2-1-3-8-17)23-20(25-14-30-23)19-10-5-11-29-19/h1-12,14-15,21-22H,13H2. The number of halogens is 1. The van der Waals surface area contributed by atoms with Gasteiger partial charge in [0, 0.05) is 4.47 Å². The maximum Gasteiger partial charge on any atom is 0.293 e. The lowest BCUT2D eigenvalue weighted by Gasteiger charge is -2.26. The number of hydrogen-bond donors (Lipinski definition) is 0. The second kappa shape index (κ2) is 10.1. The minimum absolute atomic E-state index is 0.372. The largest absolute Gasteiger partial charge is 0.456 e. The third kappa shape index (κ3) is 4.87. The normalized spacial score (nSPS) is 13.0. The van der Waals surface area contributed by atoms with Crippen molar-refractivity contribution in [2.45, 2.75) is 18.8 Å². The quantitative estimate of drug-likeness (QED) is 0.237. The fourth-order valence-electron chi connectivity index (χ4n) is 3.20. The maximum atomic E-state index is 11.4. The first kappa shape index (κ1) is 20.9. The Hall–Kier alpha value is -2.32. The first-order chi connectivity index (χ1) is 14.8. The molecule has 0 spiro atoms. The second-order valence-electron chi connectivity index (χ2n) is 6.47. The lowest BCUT2D eigenvalue weighted by molar-refractivity contribution is -0.144. The van der Waals surface area contributed by atoms with E-state index in [-0.39, 0.29) is 0 Å². The predicted molar refractivity (Wildman–Crippen MR) is 123 cm³/mol. The zero-order valence-corrected chi connectivity index (χ0v) is 19.0. The molecule has 2 unspecified atom stereocenters. The Bertz CT molecular complexity index is 1080. The molecule has 0 saturated heterocycles. The highest BCUT2D eigenvalue weighted by molar-refractivity contribution is 9.10. The van der Waals surface area contributed by atoms with Crippen molar-refractivity contribution in [3.05, 3.63) is 98.1 Å². The van der Waals surface area contributed by atoms with Crippen LogP contribution in [-0.4, -0.2) is 11.5 Å². The molecule has 0 aliphatic carbocycles. The van der Waals surface area contributed by atoms with E-state index in [1.807, 2.05) is 77.6 Å². The molecule has 4 aromatic rings. The van der Waals surface area contributed by atoms with E-state index < -0.39 is 12.2 Å². The molecule has 4 rings (SSSR count). The summed E-state index contributed by atoms with van der Waals surface area (Å²) in [4.78, 5) is 18.0. The van der Waals surface area contributed by atoms with Gasteiger partial charge >= 0.3 is 0 Å². The van der Waals surface area contributed by atoms with Gasteiger partial charge in [0.2, 0.25) is 0 Å². The molecule has 4 nitrogen and oxygen atoms in total. The third-order valence-electron chi connectivity index (χ3n) is 4.53. The molecule has 2 aromatic carbocycles. The topological polar surface area (TPSA) is 48.4 Å². The van der Waals surface area contributed by atoms with Crippen LogP contribution >= 0.6 is 38.6 Å². The number of benzene rings is 2. The van der Waals surface area contributed by atoms with Crippen LogP contribution in [0, 0.1) is 0 Å². The Labute approximate surface area is 191 Å². The van der Waals surface area contributed by atoms with Crippen molar-refractivity contribution >= 4 is 45.1 Å². The maximum absolute atomic E-state index is 11.4. The summed E-state index contributed by atoms with van der Waals surface area (Å²) in [5.41, 5.74) is 4.57. The molecular formula is C23H18BrNO3S2. The van der Waals surface area contributed by atoms with E-state index in [4.69, 9.17) is 9.47 Å². The molecule has 0 N–H and O–H groups in total. The van der Waals surface area contributed by atoms with E-state index in [1.54, 1.807) is 11.3 Å². The van der Waals surface area contributed by atoms with Crippen molar-refractivity contribution in [3.8, 4) is 10.6 Å². The van der Waals surface area contributed by atoms with Crippen molar-refractivity contribution in [1.82, 2.24) is 4.98 Å². The summed E-state index contributed by atoms with van der Waals surface area (Å²) in [5, 5.41) is 2.02. The lowest BCUT2D eigenvalue weighted by Crippen LogP contribution is -2.17. The summed E-state index contributed by atoms with van der Waals surface area (Å²) in [6, 6.07) is 21.7. The van der Waals surface area contributed by atoms with Crippen LogP contribution in [0.3, 0.4) is 0 Å². The van der Waals surface area contributed by atoms with Gasteiger partial charge in [0.1, 0.15) is 6.10 Å². The second-order valence-corrected chi connectivity index (χ2v) is 9.22. The molecule has 7 heteroatoms. The van der Waals surface area contributed by atoms with E-state index in [0.29, 0.717) is 13.1 Å². The fourth-order valence-corrected chi connectivity index (χ4v) is 5.31. The third-order valence-corrected chi connectivity index (χ3v) is 6.79. The van der Waals surface area contributed by atoms with Crippen LogP contribution in [0.1, 0.15) is 28.2 Å². The molecule has 0 aliphatic rings. The zero-order valence-electron chi connectivity index (χ0n) is 15.8. The molecule has 30 heavy (non-hydrogen) atoms. The Morgan fingerprint density at radius 1 is 1.00 bits per heavy atom. The summed E-state index contributed by atoms with van der Waals surface area (Å²) in [6.45, 7) is 0.858. The van der Waals surface area contributed by atoms with Gasteiger partial charge in [0.15, 0.2) is 6.10 Å². The molecule has 2 aromatic heterocycles. The molecule has 0 aliphatic heterocycles. The molecule has 0 bridgehead atoms. The molecule has 2 atom stereocenters. The van der Waals surface area contributed by atoms with Gasteiger partial charge in [-0.05, 0) is 34.7 Å². The van der Waals surface area contributed by atoms with Crippen LogP contribution < -0.4 is 0 Å². The van der Waals surface area contributed by atoms with Crippen molar-refractivity contribution in [2.75, 3.05) is 0 Å². The predicted octanol–water partition coefficient (Wildman–Crippen LogP) is 6.81. The van der Waals surface area contributed by atoms with Crippen molar-refractivity contribution in [2.24, 2.45) is 0 Å². The van der Waals surface area contributed by atoms with Crippen molar-refractivity contribution < 1.29 is 14.3 Å². The minimum atomic E-state index is -0.588. The molecule has 0 radical (unpaired) electrons. The molecule has 152 valence electrons. The monoisotopic (exact) mass is 499 g/mol. The van der Waals surface area contributed by atoms with Crippen LogP contribution in [0.5, 0.6) is 0 Å². The number of thiophene rings is 1. The van der Waals surface area contributed by atoms with Crippen LogP contribution in [0.25, 0.3) is 10.6 Å². The van der Waals surface area contributed by atoms with Crippen LogP contribution in [-0.2, 0) is 20.9 Å². The fraction of sp³-hybridized carbons (Fsp3) is 0.130. The zero-order chi connectivity index (χ0) is 20.8. The van der Waals surface area contributed by atoms with E-state index in [0.717, 1.165) is 31.0 Å². The number of carbonyl (C=O) groups excluding carboxylic acids is 1. The van der Waals surface area contributed by atoms with Gasteiger partial charge < -0.3 is 9.47 Å². The van der Waals surface area contributed by atoms with Gasteiger partial charge in [-0.25, -0.2) is 4.98 Å². The summed E-state index contributed by atoms with van der Waals surface area (Å²) < 4.78 is 13.0. The Kier molecular flexibility index (Phi) is 7.07. The lowest BCUT2D eigenvalue weighted by atomic mass is 10.0. The highest BCUT2D eigenvalue weighted by Gasteiger charge is 2.31. The minimum Gasteiger partial charge on any atom is -0.456 e. The summed E-state index contributed by atoms with van der Waals surface area (Å²) in [7, 11) is 0. The number of ether oxygens (including phenoxy) is 2. The number of aromatic nitrogens is 1. The SMILES string of the molecule is O=COC(c1ccccc1)C(OCc1cccc(Br)c1)c1scnc1-c1cccs1. The number of nitrogens with zero attached hydrogens (tertiary/aromatic N) is 1. The van der Waals surface area contributed by atoms with Crippen LogP contribution in [0.2, 0.25) is 0 Å². The first-order valence-corrected chi connectivity index (χ1v) is 11.8. The highest BCUT2D eigenvalue weighted by Crippen LogP contribution is 2.42. The van der Waals surface area contributed by atoms with Gasteiger partial charge in [-0.15, -0.1) is 22.7 Å². The van der Waals surface area contributed by atoms with Gasteiger partial charge in [0.25, 0.3) is 6.47 Å². The number of thiazole rings is 1. The number of rotatable bonds is 9. The molecule has 2 heterocycles. The van der Waals surface area contributed by atoms with E-state index >= 15 is 0 Å². The average Bonchev–Trinajstić information content (AvgIpc) is 3.46. The smallest absolute Gasteiger partial charge is 0.293 e. The van der Waals surface area contributed by atoms with Gasteiger partial charge in [-0.2, -0.15) is 0 Å². The molecular weight excluding hydrogens is 482 g/mol. The van der Waals surface area contributed by atoms with Crippen LogP contribution in [0.4, 0.5) is 0 Å². The summed E-state index contributed by atoms with van der Waals surface area (Å²) in [5.74, 6) is 0. The van der Waals surface area contributed by atoms with Crippen LogP contribution in [0.15, 0.2) is 82.1 Å². The molecule has 0 fully saturated rings. The van der Waals surface area contributed by atoms with E-state index in [2.05, 4.69) is 20.9 Å². The van der Waals surface area contributed by atoms with Gasteiger partial charge in [0.05, 0.1) is 27.6 Å².